The van der Waals surface area contributed by atoms with E-state index in [0.29, 0.717) is 23.3 Å². The zero-order valence-corrected chi connectivity index (χ0v) is 12.9. The number of carboxylic acid groups (broad SMARTS) is 1. The van der Waals surface area contributed by atoms with E-state index >= 15 is 0 Å². The van der Waals surface area contributed by atoms with E-state index in [0.717, 1.165) is 0 Å². The molecule has 23 heavy (non-hydrogen) atoms. The Labute approximate surface area is 132 Å². The minimum atomic E-state index is -1.02. The van der Waals surface area contributed by atoms with Gasteiger partial charge in [-0.3, -0.25) is 9.59 Å². The van der Waals surface area contributed by atoms with Crippen LogP contribution in [0.2, 0.25) is 0 Å². The maximum Gasteiger partial charge on any atom is 0.349 e. The summed E-state index contributed by atoms with van der Waals surface area (Å²) in [5.41, 5.74) is -0.571. The molecule has 2 rings (SSSR count). The lowest BCUT2D eigenvalue weighted by molar-refractivity contribution is -0.137. The van der Waals surface area contributed by atoms with Gasteiger partial charge in [0.15, 0.2) is 0 Å². The second kappa shape index (κ2) is 6.95. The number of rotatable bonds is 6. The standard InChI is InChI=1S/C16H17NO6/c1-3-22-11-5-4-10-8-12(16(21)23-13(10)9-11)15(20)17(2)7-6-14(18)19/h4-5,8-9H,3,6-7H2,1-2H3,(H,18,19). The third-order valence-corrected chi connectivity index (χ3v) is 3.26. The Kier molecular flexibility index (Phi) is 5.00. The first-order valence-electron chi connectivity index (χ1n) is 7.10. The van der Waals surface area contributed by atoms with Gasteiger partial charge < -0.3 is 19.2 Å². The molecule has 1 amide bonds. The molecule has 7 heteroatoms. The lowest BCUT2D eigenvalue weighted by Gasteiger charge is -2.15. The first-order chi connectivity index (χ1) is 10.9. The van der Waals surface area contributed by atoms with E-state index < -0.39 is 17.5 Å². The molecule has 0 fully saturated rings. The summed E-state index contributed by atoms with van der Waals surface area (Å²) in [6, 6.07) is 6.44. The molecule has 0 saturated carbocycles. The summed E-state index contributed by atoms with van der Waals surface area (Å²) < 4.78 is 10.5. The lowest BCUT2D eigenvalue weighted by Crippen LogP contribution is -2.32. The van der Waals surface area contributed by atoms with Crippen LogP contribution in [0.5, 0.6) is 5.75 Å². The number of carbonyl (C=O) groups is 2. The van der Waals surface area contributed by atoms with Crippen LogP contribution in [0, 0.1) is 0 Å². The second-order valence-electron chi connectivity index (χ2n) is 4.95. The molecule has 1 N–H and O–H groups in total. The average molecular weight is 319 g/mol. The SMILES string of the molecule is CCOc1ccc2cc(C(=O)N(C)CCC(=O)O)c(=O)oc2c1. The molecular weight excluding hydrogens is 302 g/mol. The summed E-state index contributed by atoms with van der Waals surface area (Å²) in [6.07, 6.45) is -0.196. The van der Waals surface area contributed by atoms with Crippen molar-refractivity contribution in [1.82, 2.24) is 4.90 Å². The quantitative estimate of drug-likeness (QED) is 0.815. The van der Waals surface area contributed by atoms with Crippen LogP contribution in [-0.2, 0) is 4.79 Å². The van der Waals surface area contributed by atoms with Gasteiger partial charge in [-0.1, -0.05) is 0 Å². The van der Waals surface area contributed by atoms with E-state index in [1.165, 1.54) is 18.0 Å². The number of benzene rings is 1. The number of ether oxygens (including phenoxy) is 1. The Bertz CT molecular complexity index is 795. The third-order valence-electron chi connectivity index (χ3n) is 3.26. The first kappa shape index (κ1) is 16.5. The summed E-state index contributed by atoms with van der Waals surface area (Å²) >= 11 is 0. The zero-order chi connectivity index (χ0) is 17.0. The molecule has 0 saturated heterocycles. The fourth-order valence-corrected chi connectivity index (χ4v) is 2.07. The Morgan fingerprint density at radius 3 is 2.70 bits per heavy atom. The molecule has 0 radical (unpaired) electrons. The molecule has 0 atom stereocenters. The Morgan fingerprint density at radius 1 is 1.30 bits per heavy atom. The van der Waals surface area contributed by atoms with Crippen LogP contribution in [0.25, 0.3) is 11.0 Å². The molecule has 1 aromatic carbocycles. The summed E-state index contributed by atoms with van der Waals surface area (Å²) in [7, 11) is 1.44. The molecule has 0 spiro atoms. The van der Waals surface area contributed by atoms with Crippen LogP contribution >= 0.6 is 0 Å². The highest BCUT2D eigenvalue weighted by molar-refractivity contribution is 5.96. The van der Waals surface area contributed by atoms with E-state index in [1.807, 2.05) is 6.92 Å². The number of fused-ring (bicyclic) bond motifs is 1. The highest BCUT2D eigenvalue weighted by atomic mass is 16.5. The largest absolute Gasteiger partial charge is 0.494 e. The van der Waals surface area contributed by atoms with Crippen molar-refractivity contribution in [2.75, 3.05) is 20.2 Å². The summed E-state index contributed by atoms with van der Waals surface area (Å²) in [5.74, 6) is -1.02. The number of nitrogens with zero attached hydrogens (tertiary/aromatic N) is 1. The number of carbonyl (C=O) groups excluding carboxylic acids is 1. The molecule has 122 valence electrons. The molecule has 0 unspecified atom stereocenters. The number of carboxylic acids is 1. The van der Waals surface area contributed by atoms with Gasteiger partial charge in [-0.25, -0.2) is 4.79 Å². The van der Waals surface area contributed by atoms with Crippen molar-refractivity contribution < 1.29 is 23.8 Å². The van der Waals surface area contributed by atoms with Crippen LogP contribution in [0.15, 0.2) is 33.5 Å². The Hall–Kier alpha value is -2.83. The molecule has 0 aliphatic carbocycles. The summed E-state index contributed by atoms with van der Waals surface area (Å²) in [5, 5.41) is 9.24. The number of hydrogen-bond donors (Lipinski definition) is 1. The van der Waals surface area contributed by atoms with Gasteiger partial charge >= 0.3 is 11.6 Å². The number of amides is 1. The highest BCUT2D eigenvalue weighted by Crippen LogP contribution is 2.20. The maximum absolute atomic E-state index is 12.2. The van der Waals surface area contributed by atoms with Crippen molar-refractivity contribution in [3.05, 3.63) is 40.2 Å². The molecule has 1 aromatic heterocycles. The van der Waals surface area contributed by atoms with E-state index in [2.05, 4.69) is 0 Å². The van der Waals surface area contributed by atoms with E-state index in [9.17, 15) is 14.4 Å². The van der Waals surface area contributed by atoms with E-state index in [1.54, 1.807) is 18.2 Å². The molecular formula is C16H17NO6. The van der Waals surface area contributed by atoms with Crippen molar-refractivity contribution in [2.45, 2.75) is 13.3 Å². The van der Waals surface area contributed by atoms with Crippen LogP contribution in [0.3, 0.4) is 0 Å². The predicted molar refractivity (Wildman–Crippen MR) is 82.9 cm³/mol. The monoisotopic (exact) mass is 319 g/mol. The molecule has 0 aliphatic heterocycles. The molecule has 2 aromatic rings. The van der Waals surface area contributed by atoms with Crippen molar-refractivity contribution in [3.63, 3.8) is 0 Å². The predicted octanol–water partition coefficient (Wildman–Crippen LogP) is 1.74. The van der Waals surface area contributed by atoms with Crippen molar-refractivity contribution in [1.29, 1.82) is 0 Å². The number of hydrogen-bond acceptors (Lipinski definition) is 5. The first-order valence-corrected chi connectivity index (χ1v) is 7.10. The van der Waals surface area contributed by atoms with Crippen LogP contribution < -0.4 is 10.4 Å². The number of aliphatic carboxylic acids is 1. The topological polar surface area (TPSA) is 97.0 Å². The van der Waals surface area contributed by atoms with Crippen molar-refractivity contribution >= 4 is 22.8 Å². The summed E-state index contributed by atoms with van der Waals surface area (Å²) in [6.45, 7) is 2.34. The highest BCUT2D eigenvalue weighted by Gasteiger charge is 2.18. The van der Waals surface area contributed by atoms with Gasteiger partial charge in [-0.05, 0) is 25.1 Å². The average Bonchev–Trinajstić information content (AvgIpc) is 2.51. The van der Waals surface area contributed by atoms with E-state index in [4.69, 9.17) is 14.3 Å². The van der Waals surface area contributed by atoms with Gasteiger partial charge in [0.05, 0.1) is 13.0 Å². The van der Waals surface area contributed by atoms with Crippen molar-refractivity contribution in [2.24, 2.45) is 0 Å². The van der Waals surface area contributed by atoms with Crippen LogP contribution in [0.1, 0.15) is 23.7 Å². The van der Waals surface area contributed by atoms with Crippen LogP contribution in [-0.4, -0.2) is 42.1 Å². The van der Waals surface area contributed by atoms with Gasteiger partial charge in [0.1, 0.15) is 16.9 Å². The Morgan fingerprint density at radius 2 is 2.04 bits per heavy atom. The zero-order valence-electron chi connectivity index (χ0n) is 12.9. The smallest absolute Gasteiger partial charge is 0.349 e. The lowest BCUT2D eigenvalue weighted by atomic mass is 10.1. The Balaban J connectivity index is 2.32. The fraction of sp³-hybridized carbons (Fsp3) is 0.312. The minimum absolute atomic E-state index is 0.00885. The van der Waals surface area contributed by atoms with E-state index in [-0.39, 0.29) is 18.5 Å². The molecule has 0 bridgehead atoms. The van der Waals surface area contributed by atoms with Gasteiger partial charge in [0.25, 0.3) is 5.91 Å². The second-order valence-corrected chi connectivity index (χ2v) is 4.95. The minimum Gasteiger partial charge on any atom is -0.494 e. The molecule has 0 aliphatic rings. The van der Waals surface area contributed by atoms with Crippen molar-refractivity contribution in [3.8, 4) is 5.75 Å². The van der Waals surface area contributed by atoms with Crippen LogP contribution in [0.4, 0.5) is 0 Å². The maximum atomic E-state index is 12.2. The van der Waals surface area contributed by atoms with Gasteiger partial charge in [-0.2, -0.15) is 0 Å². The normalized spacial score (nSPS) is 10.5. The fourth-order valence-electron chi connectivity index (χ4n) is 2.07. The third kappa shape index (κ3) is 3.88. The van der Waals surface area contributed by atoms with Gasteiger partial charge in [-0.15, -0.1) is 0 Å². The van der Waals surface area contributed by atoms with Gasteiger partial charge in [0.2, 0.25) is 0 Å². The van der Waals surface area contributed by atoms with Gasteiger partial charge in [0, 0.05) is 25.0 Å². The summed E-state index contributed by atoms with van der Waals surface area (Å²) in [4.78, 5) is 36.0. The molecule has 7 nitrogen and oxygen atoms in total. The molecule has 1 heterocycles.